The Balaban J connectivity index is 2.26. The minimum absolute atomic E-state index is 0.682. The van der Waals surface area contributed by atoms with Crippen LogP contribution in [0.1, 0.15) is 36.8 Å². The highest BCUT2D eigenvalue weighted by Gasteiger charge is 2.07. The molecule has 0 atom stereocenters. The third kappa shape index (κ3) is 16.4. The molecular formula is C22H50N12. The van der Waals surface area contributed by atoms with Crippen LogP contribution >= 0.6 is 0 Å². The second-order valence-corrected chi connectivity index (χ2v) is 9.21. The molecule has 1 aromatic rings. The van der Waals surface area contributed by atoms with E-state index >= 15 is 0 Å². The molecule has 0 heterocycles. The molecule has 0 spiro atoms. The summed E-state index contributed by atoms with van der Waals surface area (Å²) in [5, 5.41) is 10.7. The predicted molar refractivity (Wildman–Crippen MR) is 139 cm³/mol. The molecule has 0 fully saturated rings. The summed E-state index contributed by atoms with van der Waals surface area (Å²) in [5.74, 6) is 35.7. The van der Waals surface area contributed by atoms with Crippen molar-refractivity contribution in [3.63, 3.8) is 0 Å². The number of nitrogens with two attached hydrogens (primary N) is 6. The van der Waals surface area contributed by atoms with E-state index in [-0.39, 0.29) is 0 Å². The molecule has 0 aliphatic rings. The standard InChI is InChI=1S/C22H50N12/c1-29(23)10-4-12-31(25)14-6-16-33(27)19-21-8-3-9-22(18-21)20-34(28)17-7-15-32(26)13-5-11-30(2)24/h3,8-9,18H,4-7,10-17,19-20,23-28H2,1-2H3. The molecule has 0 radical (unpaired) electrons. The average Bonchev–Trinajstić information content (AvgIpc) is 2.73. The molecule has 0 saturated carbocycles. The van der Waals surface area contributed by atoms with Crippen molar-refractivity contribution < 1.29 is 0 Å². The molecule has 0 amide bonds. The van der Waals surface area contributed by atoms with Crippen molar-refractivity contribution in [2.75, 3.05) is 66.5 Å². The Hall–Kier alpha value is -1.26. The molecule has 0 aliphatic heterocycles. The number of benzene rings is 1. The average molecular weight is 483 g/mol. The Labute approximate surface area is 206 Å². The summed E-state index contributed by atoms with van der Waals surface area (Å²) < 4.78 is 0. The Morgan fingerprint density at radius 1 is 0.500 bits per heavy atom. The van der Waals surface area contributed by atoms with E-state index in [0.29, 0.717) is 13.1 Å². The first-order valence-electron chi connectivity index (χ1n) is 12.1. The summed E-state index contributed by atoms with van der Waals surface area (Å²) in [6.07, 6.45) is 3.70. The van der Waals surface area contributed by atoms with Gasteiger partial charge in [0.25, 0.3) is 0 Å². The number of nitrogens with zero attached hydrogens (tertiary/aromatic N) is 6. The molecule has 12 nitrogen and oxygen atoms in total. The van der Waals surface area contributed by atoms with E-state index in [0.717, 1.165) is 78.0 Å². The van der Waals surface area contributed by atoms with Gasteiger partial charge in [-0.15, -0.1) is 0 Å². The zero-order valence-corrected chi connectivity index (χ0v) is 21.4. The highest BCUT2D eigenvalue weighted by atomic mass is 15.4. The Kier molecular flexibility index (Phi) is 16.4. The SMILES string of the molecule is CN(N)CCCN(N)CCCN(N)Cc1cccc(CN(N)CCCN(N)CCCN(C)N)c1. The van der Waals surface area contributed by atoms with E-state index < -0.39 is 0 Å². The van der Waals surface area contributed by atoms with Crippen molar-refractivity contribution in [3.05, 3.63) is 35.4 Å². The summed E-state index contributed by atoms with van der Waals surface area (Å²) in [7, 11) is 3.71. The molecule has 0 saturated heterocycles. The minimum atomic E-state index is 0.682. The van der Waals surface area contributed by atoms with Crippen LogP contribution in [0.5, 0.6) is 0 Å². The van der Waals surface area contributed by atoms with Gasteiger partial charge < -0.3 is 0 Å². The van der Waals surface area contributed by atoms with Crippen LogP contribution in [-0.2, 0) is 13.1 Å². The zero-order valence-electron chi connectivity index (χ0n) is 21.4. The molecule has 12 N–H and O–H groups in total. The van der Waals surface area contributed by atoms with Crippen LogP contribution in [-0.4, -0.2) is 96.5 Å². The van der Waals surface area contributed by atoms with Crippen LogP contribution in [0, 0.1) is 0 Å². The Morgan fingerprint density at radius 3 is 1.18 bits per heavy atom. The number of hydrazine groups is 6. The molecule has 198 valence electrons. The Morgan fingerprint density at radius 2 is 0.824 bits per heavy atom. The van der Waals surface area contributed by atoms with E-state index in [4.69, 9.17) is 35.1 Å². The van der Waals surface area contributed by atoms with Gasteiger partial charge in [-0.2, -0.15) is 0 Å². The van der Waals surface area contributed by atoms with Crippen molar-refractivity contribution >= 4 is 0 Å². The van der Waals surface area contributed by atoms with Gasteiger partial charge in [-0.3, -0.25) is 45.1 Å². The van der Waals surface area contributed by atoms with E-state index in [2.05, 4.69) is 24.3 Å². The van der Waals surface area contributed by atoms with Gasteiger partial charge in [0.1, 0.15) is 0 Å². The van der Waals surface area contributed by atoms with Crippen molar-refractivity contribution in [3.8, 4) is 0 Å². The van der Waals surface area contributed by atoms with Gasteiger partial charge in [0.05, 0.1) is 0 Å². The van der Waals surface area contributed by atoms with Gasteiger partial charge in [0.15, 0.2) is 0 Å². The van der Waals surface area contributed by atoms with Crippen LogP contribution in [0.25, 0.3) is 0 Å². The normalized spacial score (nSPS) is 12.4. The van der Waals surface area contributed by atoms with Gasteiger partial charge in [-0.05, 0) is 36.8 Å². The monoisotopic (exact) mass is 482 g/mol. The highest BCUT2D eigenvalue weighted by molar-refractivity contribution is 5.23. The largest absolute Gasteiger partial charge is 0.269 e. The lowest BCUT2D eigenvalue weighted by atomic mass is 10.1. The summed E-state index contributed by atoms with van der Waals surface area (Å²) in [5.41, 5.74) is 2.34. The molecule has 1 rings (SSSR count). The smallest absolute Gasteiger partial charge is 0.0379 e. The van der Waals surface area contributed by atoms with Gasteiger partial charge in [0, 0.05) is 79.5 Å². The highest BCUT2D eigenvalue weighted by Crippen LogP contribution is 2.09. The topological polar surface area (TPSA) is 176 Å². The minimum Gasteiger partial charge on any atom is -0.269 e. The number of hydrogen-bond acceptors (Lipinski definition) is 12. The van der Waals surface area contributed by atoms with Crippen LogP contribution in [0.2, 0.25) is 0 Å². The fraction of sp³-hybridized carbons (Fsp3) is 0.727. The molecule has 34 heavy (non-hydrogen) atoms. The lowest BCUT2D eigenvalue weighted by molar-refractivity contribution is 0.216. The molecule has 0 bridgehead atoms. The molecular weight excluding hydrogens is 432 g/mol. The Bertz CT molecular complexity index is 580. The molecule has 0 aliphatic carbocycles. The first-order valence-corrected chi connectivity index (χ1v) is 12.1. The maximum absolute atomic E-state index is 6.22. The van der Waals surface area contributed by atoms with Crippen molar-refractivity contribution in [2.24, 2.45) is 35.1 Å². The van der Waals surface area contributed by atoms with Crippen molar-refractivity contribution in [1.82, 2.24) is 30.1 Å². The number of rotatable bonds is 20. The van der Waals surface area contributed by atoms with Crippen LogP contribution < -0.4 is 35.1 Å². The van der Waals surface area contributed by atoms with Crippen LogP contribution in [0.3, 0.4) is 0 Å². The lowest BCUT2D eigenvalue weighted by Crippen LogP contribution is -2.38. The predicted octanol–water partition coefficient (Wildman–Crippen LogP) is -1.44. The van der Waals surface area contributed by atoms with Crippen LogP contribution in [0.4, 0.5) is 0 Å². The van der Waals surface area contributed by atoms with E-state index in [1.807, 2.05) is 34.1 Å². The van der Waals surface area contributed by atoms with Crippen molar-refractivity contribution in [1.29, 1.82) is 0 Å². The van der Waals surface area contributed by atoms with Gasteiger partial charge >= 0.3 is 0 Å². The first kappa shape index (κ1) is 30.8. The van der Waals surface area contributed by atoms with E-state index in [1.54, 1.807) is 10.0 Å². The molecule has 0 unspecified atom stereocenters. The summed E-state index contributed by atoms with van der Waals surface area (Å²) in [6.45, 7) is 7.80. The quantitative estimate of drug-likeness (QED) is 0.0944. The molecule has 12 heteroatoms. The summed E-state index contributed by atoms with van der Waals surface area (Å²) in [6, 6.07) is 8.40. The van der Waals surface area contributed by atoms with E-state index in [9.17, 15) is 0 Å². The molecule has 1 aromatic carbocycles. The van der Waals surface area contributed by atoms with Gasteiger partial charge in [-0.25, -0.2) is 20.0 Å². The maximum Gasteiger partial charge on any atom is 0.0379 e. The van der Waals surface area contributed by atoms with Gasteiger partial charge in [0.2, 0.25) is 0 Å². The summed E-state index contributed by atoms with van der Waals surface area (Å²) in [4.78, 5) is 0. The van der Waals surface area contributed by atoms with Crippen molar-refractivity contribution in [2.45, 2.75) is 38.8 Å². The fourth-order valence-electron chi connectivity index (χ4n) is 3.68. The maximum atomic E-state index is 6.22. The first-order chi connectivity index (χ1) is 16.2. The zero-order chi connectivity index (χ0) is 25.3. The third-order valence-electron chi connectivity index (χ3n) is 5.46. The van der Waals surface area contributed by atoms with Gasteiger partial charge in [-0.1, -0.05) is 24.3 Å². The van der Waals surface area contributed by atoms with Crippen LogP contribution in [0.15, 0.2) is 24.3 Å². The molecule has 0 aromatic heterocycles. The second kappa shape index (κ2) is 18.1. The number of hydrogen-bond donors (Lipinski definition) is 6. The third-order valence-corrected chi connectivity index (χ3v) is 5.46. The summed E-state index contributed by atoms with van der Waals surface area (Å²) >= 11 is 0. The fourth-order valence-corrected chi connectivity index (χ4v) is 3.68. The second-order valence-electron chi connectivity index (χ2n) is 9.21. The lowest BCUT2D eigenvalue weighted by Gasteiger charge is -2.21. The van der Waals surface area contributed by atoms with E-state index in [1.165, 1.54) is 11.1 Å².